The number of nitrogens with one attached hydrogen (secondary N) is 2. The van der Waals surface area contributed by atoms with E-state index in [-0.39, 0.29) is 24.7 Å². The van der Waals surface area contributed by atoms with Crippen LogP contribution in [-0.4, -0.2) is 24.2 Å². The lowest BCUT2D eigenvalue weighted by Crippen LogP contribution is -2.20. The van der Waals surface area contributed by atoms with Crippen LogP contribution in [0.2, 0.25) is 0 Å². The van der Waals surface area contributed by atoms with Crippen LogP contribution >= 0.6 is 0 Å². The molecule has 0 atom stereocenters. The zero-order valence-corrected chi connectivity index (χ0v) is 23.6. The molecule has 0 saturated carbocycles. The van der Waals surface area contributed by atoms with Crippen LogP contribution < -0.4 is 10.9 Å². The highest BCUT2D eigenvalue weighted by molar-refractivity contribution is 5.88. The highest BCUT2D eigenvalue weighted by Crippen LogP contribution is 2.13. The number of carbonyl (C=O) groups is 2. The fourth-order valence-electron chi connectivity index (χ4n) is 3.93. The van der Waals surface area contributed by atoms with Crippen LogP contribution in [0.15, 0.2) is 82.0 Å². The number of amides is 2. The molecular weight excluding hydrogens is 484 g/mol. The molecule has 0 aromatic heterocycles. The second kappa shape index (κ2) is 20.2. The van der Waals surface area contributed by atoms with Crippen molar-refractivity contribution in [1.82, 2.24) is 10.9 Å². The minimum atomic E-state index is -0.209. The largest absolute Gasteiger partial charge is 0.273 e. The molecule has 0 aliphatic heterocycles. The Kier molecular flexibility index (Phi) is 16.3. The molecule has 0 heterocycles. The van der Waals surface area contributed by atoms with Crippen molar-refractivity contribution in [1.29, 1.82) is 0 Å². The molecule has 0 fully saturated rings. The number of hydrogen-bond acceptors (Lipinski definition) is 4. The van der Waals surface area contributed by atoms with Gasteiger partial charge in [-0.15, -0.1) is 0 Å². The standard InChI is InChI=1S/C33H44N4O2/c1-3-5-9-20-30(24-28-16-11-7-12-17-28)26-34-36-32(38)22-15-23-33(39)37-35-27-31(21-10-6-4-2)25-29-18-13-8-14-19-29/h7-8,11-14,16-19,24-27H,3-6,9-10,15,20-23H2,1-2H3,(H,36,38)(H,37,39)/b30-24-,31-25-,34-26-,35-27+. The Morgan fingerprint density at radius 2 is 1.00 bits per heavy atom. The minimum Gasteiger partial charge on any atom is -0.273 e. The van der Waals surface area contributed by atoms with E-state index in [1.165, 1.54) is 0 Å². The minimum absolute atomic E-state index is 0.209. The van der Waals surface area contributed by atoms with Crippen LogP contribution in [0.3, 0.4) is 0 Å². The number of rotatable bonds is 18. The van der Waals surface area contributed by atoms with Crippen molar-refractivity contribution in [2.75, 3.05) is 0 Å². The van der Waals surface area contributed by atoms with Crippen LogP contribution in [-0.2, 0) is 9.59 Å². The zero-order valence-electron chi connectivity index (χ0n) is 23.6. The molecule has 2 amide bonds. The average Bonchev–Trinajstić information content (AvgIpc) is 2.94. The van der Waals surface area contributed by atoms with E-state index in [0.717, 1.165) is 73.6 Å². The lowest BCUT2D eigenvalue weighted by Gasteiger charge is -2.04. The second-order valence-electron chi connectivity index (χ2n) is 9.61. The van der Waals surface area contributed by atoms with E-state index in [1.807, 2.05) is 60.7 Å². The summed E-state index contributed by atoms with van der Waals surface area (Å²) in [7, 11) is 0. The molecule has 208 valence electrons. The summed E-state index contributed by atoms with van der Waals surface area (Å²) in [6.45, 7) is 4.35. The van der Waals surface area contributed by atoms with E-state index in [0.29, 0.717) is 6.42 Å². The maximum absolute atomic E-state index is 12.2. The van der Waals surface area contributed by atoms with Crippen LogP contribution in [0.25, 0.3) is 12.2 Å². The van der Waals surface area contributed by atoms with E-state index >= 15 is 0 Å². The van der Waals surface area contributed by atoms with Gasteiger partial charge >= 0.3 is 0 Å². The smallest absolute Gasteiger partial charge is 0.240 e. The summed E-state index contributed by atoms with van der Waals surface area (Å²) in [5, 5.41) is 8.31. The summed E-state index contributed by atoms with van der Waals surface area (Å²) < 4.78 is 0. The summed E-state index contributed by atoms with van der Waals surface area (Å²) in [6.07, 6.45) is 17.1. The third kappa shape index (κ3) is 15.3. The fourth-order valence-corrected chi connectivity index (χ4v) is 3.93. The summed E-state index contributed by atoms with van der Waals surface area (Å²) in [6, 6.07) is 20.2. The van der Waals surface area contributed by atoms with Gasteiger partial charge in [0.05, 0.1) is 12.4 Å². The first-order chi connectivity index (χ1) is 19.1. The normalized spacial score (nSPS) is 12.3. The van der Waals surface area contributed by atoms with Gasteiger partial charge in [0.25, 0.3) is 0 Å². The van der Waals surface area contributed by atoms with Crippen molar-refractivity contribution in [2.45, 2.75) is 84.5 Å². The van der Waals surface area contributed by atoms with Crippen molar-refractivity contribution in [3.05, 3.63) is 82.9 Å². The van der Waals surface area contributed by atoms with Crippen LogP contribution in [0.1, 0.15) is 95.6 Å². The van der Waals surface area contributed by atoms with Crippen molar-refractivity contribution >= 4 is 36.4 Å². The maximum atomic E-state index is 12.2. The molecule has 0 aliphatic carbocycles. The topological polar surface area (TPSA) is 82.9 Å². The highest BCUT2D eigenvalue weighted by atomic mass is 16.2. The Labute approximate surface area is 234 Å². The van der Waals surface area contributed by atoms with Gasteiger partial charge in [-0.3, -0.25) is 9.59 Å². The number of carbonyl (C=O) groups excluding carboxylic acids is 2. The molecule has 39 heavy (non-hydrogen) atoms. The molecule has 2 aromatic carbocycles. The molecule has 6 heteroatoms. The number of nitrogens with zero attached hydrogens (tertiary/aromatic N) is 2. The van der Waals surface area contributed by atoms with E-state index in [1.54, 1.807) is 12.4 Å². The Morgan fingerprint density at radius 1 is 0.590 bits per heavy atom. The molecule has 0 aliphatic rings. The number of hydrazone groups is 2. The summed E-state index contributed by atoms with van der Waals surface area (Å²) in [4.78, 5) is 24.4. The predicted molar refractivity (Wildman–Crippen MR) is 164 cm³/mol. The van der Waals surface area contributed by atoms with Crippen molar-refractivity contribution < 1.29 is 9.59 Å². The van der Waals surface area contributed by atoms with Gasteiger partial charge in [0.2, 0.25) is 11.8 Å². The molecule has 2 N–H and O–H groups in total. The van der Waals surface area contributed by atoms with Gasteiger partial charge < -0.3 is 0 Å². The van der Waals surface area contributed by atoms with Gasteiger partial charge in [0, 0.05) is 12.8 Å². The number of unbranched alkanes of at least 4 members (excludes halogenated alkanes) is 4. The summed E-state index contributed by atoms with van der Waals surface area (Å²) in [5.74, 6) is -0.418. The molecule has 0 saturated heterocycles. The van der Waals surface area contributed by atoms with E-state index in [4.69, 9.17) is 0 Å². The molecule has 6 nitrogen and oxygen atoms in total. The highest BCUT2D eigenvalue weighted by Gasteiger charge is 2.05. The average molecular weight is 529 g/mol. The summed E-state index contributed by atoms with van der Waals surface area (Å²) in [5.41, 5.74) is 9.54. The fraction of sp³-hybridized carbons (Fsp3) is 0.394. The van der Waals surface area contributed by atoms with Crippen LogP contribution in [0.5, 0.6) is 0 Å². The predicted octanol–water partition coefficient (Wildman–Crippen LogP) is 7.69. The van der Waals surface area contributed by atoms with Gasteiger partial charge in [-0.05, 0) is 54.4 Å². The third-order valence-electron chi connectivity index (χ3n) is 6.09. The van der Waals surface area contributed by atoms with Gasteiger partial charge in [0.1, 0.15) is 0 Å². The van der Waals surface area contributed by atoms with Gasteiger partial charge in [-0.1, -0.05) is 112 Å². The zero-order chi connectivity index (χ0) is 28.0. The van der Waals surface area contributed by atoms with E-state index in [2.05, 4.69) is 47.1 Å². The Hall–Kier alpha value is -3.80. The summed E-state index contributed by atoms with van der Waals surface area (Å²) >= 11 is 0. The number of benzene rings is 2. The van der Waals surface area contributed by atoms with Crippen LogP contribution in [0, 0.1) is 0 Å². The molecule has 2 aromatic rings. The van der Waals surface area contributed by atoms with E-state index < -0.39 is 0 Å². The quantitative estimate of drug-likeness (QED) is 0.118. The maximum Gasteiger partial charge on any atom is 0.240 e. The van der Waals surface area contributed by atoms with Crippen LogP contribution in [0.4, 0.5) is 0 Å². The number of hydrogen-bond donors (Lipinski definition) is 2. The third-order valence-corrected chi connectivity index (χ3v) is 6.09. The molecule has 2 rings (SSSR count). The first kappa shape index (κ1) is 31.4. The lowest BCUT2D eigenvalue weighted by molar-refractivity contribution is -0.122. The monoisotopic (exact) mass is 528 g/mol. The van der Waals surface area contributed by atoms with E-state index in [9.17, 15) is 9.59 Å². The Balaban J connectivity index is 1.77. The SMILES string of the molecule is CCCCCC(/C=N\NC(=O)CCCC(=O)N/N=C/C(=C\c1ccccc1)CCCCC)=C/c1ccccc1. The van der Waals surface area contributed by atoms with Crippen molar-refractivity contribution in [2.24, 2.45) is 10.2 Å². The lowest BCUT2D eigenvalue weighted by atomic mass is 10.1. The molecule has 0 spiro atoms. The number of allylic oxidation sites excluding steroid dienone is 2. The first-order valence-corrected chi connectivity index (χ1v) is 14.3. The molecular formula is C33H44N4O2. The van der Waals surface area contributed by atoms with Crippen molar-refractivity contribution in [3.63, 3.8) is 0 Å². The van der Waals surface area contributed by atoms with Gasteiger partial charge in [-0.2, -0.15) is 10.2 Å². The van der Waals surface area contributed by atoms with Crippen molar-refractivity contribution in [3.8, 4) is 0 Å². The van der Waals surface area contributed by atoms with Gasteiger partial charge in [0.15, 0.2) is 0 Å². The first-order valence-electron chi connectivity index (χ1n) is 14.3. The Bertz CT molecular complexity index is 1000. The molecule has 0 radical (unpaired) electrons. The molecule has 0 unspecified atom stereocenters. The molecule has 0 bridgehead atoms. The second-order valence-corrected chi connectivity index (χ2v) is 9.61. The van der Waals surface area contributed by atoms with Gasteiger partial charge in [-0.25, -0.2) is 10.9 Å². The Morgan fingerprint density at radius 3 is 1.38 bits per heavy atom.